The Bertz CT molecular complexity index is 623. The van der Waals surface area contributed by atoms with Crippen LogP contribution in [0.25, 0.3) is 0 Å². The van der Waals surface area contributed by atoms with Crippen molar-refractivity contribution in [1.82, 2.24) is 4.90 Å². The third-order valence-corrected chi connectivity index (χ3v) is 2.90. The number of nitrogens with zero attached hydrogens (tertiary/aromatic N) is 1. The maximum absolute atomic E-state index is 12.7. The Balaban J connectivity index is 2.24. The van der Waals surface area contributed by atoms with Gasteiger partial charge < -0.3 is 14.1 Å². The van der Waals surface area contributed by atoms with Crippen LogP contribution in [0.4, 0.5) is 13.2 Å². The third-order valence-electron chi connectivity index (χ3n) is 2.90. The first kappa shape index (κ1) is 15.9. The normalized spacial score (nSPS) is 11.3. The van der Waals surface area contributed by atoms with Crippen LogP contribution in [0.2, 0.25) is 0 Å². The Morgan fingerprint density at radius 1 is 1.27 bits per heavy atom. The second-order valence-electron chi connectivity index (χ2n) is 4.59. The summed E-state index contributed by atoms with van der Waals surface area (Å²) < 4.78 is 48.1. The van der Waals surface area contributed by atoms with E-state index in [-0.39, 0.29) is 17.9 Å². The number of hydrogen-bond donors (Lipinski definition) is 0. The Hall–Kier alpha value is -2.44. The van der Waals surface area contributed by atoms with Crippen LogP contribution in [0.15, 0.2) is 47.1 Å². The molecule has 22 heavy (non-hydrogen) atoms. The highest BCUT2D eigenvalue weighted by atomic mass is 19.4. The minimum absolute atomic E-state index is 0.121. The fourth-order valence-corrected chi connectivity index (χ4v) is 1.95. The van der Waals surface area contributed by atoms with Gasteiger partial charge in [0, 0.05) is 5.56 Å². The fraction of sp³-hybridized carbons (Fsp3) is 0.267. The molecular weight excluding hydrogens is 299 g/mol. The van der Waals surface area contributed by atoms with E-state index in [4.69, 9.17) is 9.15 Å². The van der Waals surface area contributed by atoms with Crippen LogP contribution in [0.1, 0.15) is 16.1 Å². The molecule has 0 aliphatic rings. The minimum Gasteiger partial charge on any atom is -0.497 e. The van der Waals surface area contributed by atoms with Gasteiger partial charge in [-0.05, 0) is 30.3 Å². The molecule has 0 aliphatic heterocycles. The minimum atomic E-state index is -4.50. The SMILES string of the molecule is COc1cccc(C(=O)N(Cc2ccco2)CC(F)(F)F)c1. The molecular formula is C15H14F3NO3. The molecule has 0 N–H and O–H groups in total. The van der Waals surface area contributed by atoms with Crippen molar-refractivity contribution in [3.05, 3.63) is 54.0 Å². The van der Waals surface area contributed by atoms with E-state index in [1.807, 2.05) is 0 Å². The number of carbonyl (C=O) groups is 1. The van der Waals surface area contributed by atoms with Crippen LogP contribution in [-0.2, 0) is 6.54 Å². The molecule has 2 aromatic rings. The van der Waals surface area contributed by atoms with Crippen molar-refractivity contribution in [3.63, 3.8) is 0 Å². The zero-order valence-electron chi connectivity index (χ0n) is 11.8. The van der Waals surface area contributed by atoms with E-state index < -0.39 is 18.6 Å². The number of carbonyl (C=O) groups excluding carboxylic acids is 1. The van der Waals surface area contributed by atoms with E-state index in [0.29, 0.717) is 10.6 Å². The van der Waals surface area contributed by atoms with Crippen LogP contribution in [0.5, 0.6) is 5.75 Å². The molecule has 7 heteroatoms. The Labute approximate surface area is 125 Å². The van der Waals surface area contributed by atoms with Gasteiger partial charge in [-0.2, -0.15) is 13.2 Å². The van der Waals surface area contributed by atoms with E-state index in [1.54, 1.807) is 18.2 Å². The van der Waals surface area contributed by atoms with Crippen LogP contribution in [0, 0.1) is 0 Å². The fourth-order valence-electron chi connectivity index (χ4n) is 1.95. The van der Waals surface area contributed by atoms with Crippen LogP contribution >= 0.6 is 0 Å². The maximum atomic E-state index is 12.7. The molecule has 118 valence electrons. The average molecular weight is 313 g/mol. The van der Waals surface area contributed by atoms with E-state index in [2.05, 4.69) is 0 Å². The molecule has 0 spiro atoms. The second kappa shape index (κ2) is 6.55. The summed E-state index contributed by atoms with van der Waals surface area (Å²) in [5, 5.41) is 0. The van der Waals surface area contributed by atoms with Gasteiger partial charge in [-0.25, -0.2) is 0 Å². The van der Waals surface area contributed by atoms with Crippen molar-refractivity contribution >= 4 is 5.91 Å². The largest absolute Gasteiger partial charge is 0.497 e. The summed E-state index contributed by atoms with van der Waals surface area (Å²) in [7, 11) is 1.42. The second-order valence-corrected chi connectivity index (χ2v) is 4.59. The van der Waals surface area contributed by atoms with Gasteiger partial charge in [0.15, 0.2) is 0 Å². The number of amides is 1. The standard InChI is InChI=1S/C15H14F3NO3/c1-21-12-5-2-4-11(8-12)14(20)19(10-15(16,17)18)9-13-6-3-7-22-13/h2-8H,9-10H2,1H3. The summed E-state index contributed by atoms with van der Waals surface area (Å²) in [5.74, 6) is -0.0658. The van der Waals surface area contributed by atoms with Crippen molar-refractivity contribution in [2.24, 2.45) is 0 Å². The Morgan fingerprint density at radius 3 is 2.64 bits per heavy atom. The number of furan rings is 1. The third kappa shape index (κ3) is 4.28. The summed E-state index contributed by atoms with van der Waals surface area (Å²) in [6.45, 7) is -1.62. The van der Waals surface area contributed by atoms with E-state index >= 15 is 0 Å². The molecule has 0 atom stereocenters. The molecule has 0 aliphatic carbocycles. The summed E-state index contributed by atoms with van der Waals surface area (Å²) >= 11 is 0. The summed E-state index contributed by atoms with van der Waals surface area (Å²) in [6, 6.07) is 9.06. The Morgan fingerprint density at radius 2 is 2.05 bits per heavy atom. The molecule has 2 rings (SSSR count). The first-order valence-electron chi connectivity index (χ1n) is 6.41. The topological polar surface area (TPSA) is 42.7 Å². The number of methoxy groups -OCH3 is 1. The lowest BCUT2D eigenvalue weighted by atomic mass is 10.2. The lowest BCUT2D eigenvalue weighted by Gasteiger charge is -2.23. The van der Waals surface area contributed by atoms with Gasteiger partial charge in [-0.15, -0.1) is 0 Å². The predicted octanol–water partition coefficient (Wildman–Crippen LogP) is 3.49. The monoisotopic (exact) mass is 313 g/mol. The van der Waals surface area contributed by atoms with Crippen LogP contribution < -0.4 is 4.74 Å². The predicted molar refractivity (Wildman–Crippen MR) is 72.5 cm³/mol. The molecule has 0 radical (unpaired) electrons. The van der Waals surface area contributed by atoms with Crippen molar-refractivity contribution < 1.29 is 27.1 Å². The number of alkyl halides is 3. The van der Waals surface area contributed by atoms with Crippen LogP contribution in [-0.4, -0.2) is 30.6 Å². The number of halogens is 3. The number of ether oxygens (including phenoxy) is 1. The summed E-state index contributed by atoms with van der Waals surface area (Å²) in [5.41, 5.74) is 0.121. The summed E-state index contributed by atoms with van der Waals surface area (Å²) in [6.07, 6.45) is -3.15. The van der Waals surface area contributed by atoms with Crippen molar-refractivity contribution in [2.75, 3.05) is 13.7 Å². The maximum Gasteiger partial charge on any atom is 0.406 e. The smallest absolute Gasteiger partial charge is 0.406 e. The van der Waals surface area contributed by atoms with Crippen molar-refractivity contribution in [2.45, 2.75) is 12.7 Å². The lowest BCUT2D eigenvalue weighted by Crippen LogP contribution is -2.38. The molecule has 1 aromatic carbocycles. The molecule has 4 nitrogen and oxygen atoms in total. The van der Waals surface area contributed by atoms with Gasteiger partial charge in [0.1, 0.15) is 18.1 Å². The lowest BCUT2D eigenvalue weighted by molar-refractivity contribution is -0.142. The van der Waals surface area contributed by atoms with Crippen LogP contribution in [0.3, 0.4) is 0 Å². The van der Waals surface area contributed by atoms with E-state index in [9.17, 15) is 18.0 Å². The molecule has 0 fully saturated rings. The molecule has 1 amide bonds. The molecule has 1 aromatic heterocycles. The van der Waals surface area contributed by atoms with Gasteiger partial charge in [-0.1, -0.05) is 6.07 Å². The molecule has 0 unspecified atom stereocenters. The van der Waals surface area contributed by atoms with Gasteiger partial charge >= 0.3 is 6.18 Å². The first-order chi connectivity index (χ1) is 10.4. The van der Waals surface area contributed by atoms with Gasteiger partial charge in [0.05, 0.1) is 19.9 Å². The number of benzene rings is 1. The van der Waals surface area contributed by atoms with Gasteiger partial charge in [-0.3, -0.25) is 4.79 Å². The van der Waals surface area contributed by atoms with E-state index in [1.165, 1.54) is 31.6 Å². The van der Waals surface area contributed by atoms with E-state index in [0.717, 1.165) is 0 Å². The van der Waals surface area contributed by atoms with Gasteiger partial charge in [0.2, 0.25) is 0 Å². The molecule has 1 heterocycles. The highest BCUT2D eigenvalue weighted by molar-refractivity contribution is 5.94. The summed E-state index contributed by atoms with van der Waals surface area (Å²) in [4.78, 5) is 13.0. The average Bonchev–Trinajstić information content (AvgIpc) is 2.97. The van der Waals surface area contributed by atoms with Gasteiger partial charge in [0.25, 0.3) is 5.91 Å². The number of rotatable bonds is 5. The molecule has 0 saturated carbocycles. The number of hydrogen-bond acceptors (Lipinski definition) is 3. The van der Waals surface area contributed by atoms with Crippen molar-refractivity contribution in [3.8, 4) is 5.75 Å². The highest BCUT2D eigenvalue weighted by Crippen LogP contribution is 2.21. The zero-order chi connectivity index (χ0) is 16.2. The molecule has 0 saturated heterocycles. The first-order valence-corrected chi connectivity index (χ1v) is 6.41. The quantitative estimate of drug-likeness (QED) is 0.848. The highest BCUT2D eigenvalue weighted by Gasteiger charge is 2.33. The Kier molecular flexibility index (Phi) is 4.75. The zero-order valence-corrected chi connectivity index (χ0v) is 11.8. The van der Waals surface area contributed by atoms with Crippen molar-refractivity contribution in [1.29, 1.82) is 0 Å². The molecule has 0 bridgehead atoms.